The molecule has 8 nitrogen and oxygen atoms in total. The molecule has 0 aliphatic rings. The first-order chi connectivity index (χ1) is 19.8. The van der Waals surface area contributed by atoms with Crippen molar-refractivity contribution in [1.82, 2.24) is 5.43 Å². The van der Waals surface area contributed by atoms with Crippen LogP contribution in [0.4, 0.5) is 5.69 Å². The van der Waals surface area contributed by atoms with Gasteiger partial charge in [-0.3, -0.25) is 9.10 Å². The Kier molecular flexibility index (Phi) is 10.2. The zero-order chi connectivity index (χ0) is 29.2. The number of hydrazone groups is 1. The maximum Gasteiger partial charge on any atom is 0.264 e. The Bertz CT molecular complexity index is 1600. The number of ether oxygens (including phenoxy) is 2. The third-order valence-electron chi connectivity index (χ3n) is 5.66. The molecule has 0 heterocycles. The summed E-state index contributed by atoms with van der Waals surface area (Å²) in [4.78, 5) is 12.9. The number of sulfonamides is 1. The summed E-state index contributed by atoms with van der Waals surface area (Å²) in [6.45, 7) is 2.11. The monoisotopic (exact) mass is 611 g/mol. The second kappa shape index (κ2) is 14.0. The lowest BCUT2D eigenvalue weighted by Crippen LogP contribution is -2.39. The molecule has 1 amide bonds. The molecule has 11 heteroatoms. The van der Waals surface area contributed by atoms with Crippen LogP contribution < -0.4 is 19.2 Å². The summed E-state index contributed by atoms with van der Waals surface area (Å²) >= 11 is 12.3. The van der Waals surface area contributed by atoms with E-state index >= 15 is 0 Å². The predicted molar refractivity (Wildman–Crippen MR) is 162 cm³/mol. The fourth-order valence-electron chi connectivity index (χ4n) is 3.79. The van der Waals surface area contributed by atoms with Crippen LogP contribution in [0.2, 0.25) is 10.0 Å². The Hall–Kier alpha value is -4.05. The molecule has 0 aliphatic carbocycles. The van der Waals surface area contributed by atoms with Crippen LogP contribution in [0.3, 0.4) is 0 Å². The van der Waals surface area contributed by atoms with Crippen LogP contribution in [0.15, 0.2) is 107 Å². The highest BCUT2D eigenvalue weighted by Gasteiger charge is 2.27. The van der Waals surface area contributed by atoms with Crippen molar-refractivity contribution >= 4 is 51.0 Å². The maximum absolute atomic E-state index is 13.5. The molecule has 4 aromatic rings. The van der Waals surface area contributed by atoms with Gasteiger partial charge in [0.05, 0.1) is 23.4 Å². The van der Waals surface area contributed by atoms with E-state index in [1.54, 1.807) is 36.4 Å². The Labute approximate surface area is 249 Å². The quantitative estimate of drug-likeness (QED) is 0.149. The number of carbonyl (C=O) groups is 1. The molecule has 0 saturated heterocycles. The summed E-state index contributed by atoms with van der Waals surface area (Å²) in [7, 11) is -4.13. The summed E-state index contributed by atoms with van der Waals surface area (Å²) < 4.78 is 39.5. The van der Waals surface area contributed by atoms with Crippen LogP contribution in [-0.2, 0) is 21.4 Å². The molecule has 212 valence electrons. The Morgan fingerprint density at radius 1 is 0.878 bits per heavy atom. The number of hydrogen-bond acceptors (Lipinski definition) is 6. The Balaban J connectivity index is 1.48. The summed E-state index contributed by atoms with van der Waals surface area (Å²) in [6, 6.07) is 27.1. The van der Waals surface area contributed by atoms with Gasteiger partial charge < -0.3 is 9.47 Å². The molecule has 0 aliphatic heterocycles. The first kappa shape index (κ1) is 29.9. The number of benzene rings is 4. The van der Waals surface area contributed by atoms with Gasteiger partial charge in [0.1, 0.15) is 13.2 Å². The molecule has 0 fully saturated rings. The lowest BCUT2D eigenvalue weighted by molar-refractivity contribution is -0.119. The standard InChI is InChI=1S/C30H27Cl2N3O5S/c1-2-39-29-15-23(13-14-28(29)40-21-22-9-5-3-6-10-22)19-33-34-30(36)20-35(26-17-24(31)16-25(32)18-26)41(37,38)27-11-7-4-8-12-27/h3-19H,2,20-21H2,1H3,(H,34,36)/b33-19-. The number of amides is 1. The van der Waals surface area contributed by atoms with Gasteiger partial charge in [-0.2, -0.15) is 5.10 Å². The lowest BCUT2D eigenvalue weighted by atomic mass is 10.2. The highest BCUT2D eigenvalue weighted by molar-refractivity contribution is 7.92. The molecule has 0 aromatic heterocycles. The van der Waals surface area contributed by atoms with Crippen molar-refractivity contribution in [3.05, 3.63) is 118 Å². The molecular formula is C30H27Cl2N3O5S. The van der Waals surface area contributed by atoms with E-state index in [1.807, 2.05) is 37.3 Å². The normalized spacial score (nSPS) is 11.3. The van der Waals surface area contributed by atoms with Crippen molar-refractivity contribution in [2.24, 2.45) is 5.10 Å². The fourth-order valence-corrected chi connectivity index (χ4v) is 5.73. The molecule has 0 saturated carbocycles. The first-order valence-corrected chi connectivity index (χ1v) is 14.7. The van der Waals surface area contributed by atoms with E-state index in [4.69, 9.17) is 32.7 Å². The van der Waals surface area contributed by atoms with E-state index in [0.717, 1.165) is 9.87 Å². The minimum atomic E-state index is -4.13. The van der Waals surface area contributed by atoms with E-state index in [1.165, 1.54) is 36.5 Å². The SMILES string of the molecule is CCOc1cc(/C=N\NC(=O)CN(c2cc(Cl)cc(Cl)c2)S(=O)(=O)c2ccccc2)ccc1OCc1ccccc1. The summed E-state index contributed by atoms with van der Waals surface area (Å²) in [5.41, 5.74) is 4.18. The lowest BCUT2D eigenvalue weighted by Gasteiger charge is -2.24. The summed E-state index contributed by atoms with van der Waals surface area (Å²) in [5, 5.41) is 4.45. The second-order valence-electron chi connectivity index (χ2n) is 8.66. The number of rotatable bonds is 12. The van der Waals surface area contributed by atoms with E-state index in [9.17, 15) is 13.2 Å². The zero-order valence-electron chi connectivity index (χ0n) is 22.0. The highest BCUT2D eigenvalue weighted by Crippen LogP contribution is 2.30. The second-order valence-corrected chi connectivity index (χ2v) is 11.4. The van der Waals surface area contributed by atoms with Gasteiger partial charge >= 0.3 is 0 Å². The van der Waals surface area contributed by atoms with Gasteiger partial charge in [-0.15, -0.1) is 0 Å². The van der Waals surface area contributed by atoms with Crippen LogP contribution >= 0.6 is 23.2 Å². The van der Waals surface area contributed by atoms with Crippen molar-refractivity contribution in [2.75, 3.05) is 17.5 Å². The van der Waals surface area contributed by atoms with Gasteiger partial charge in [0.25, 0.3) is 15.9 Å². The first-order valence-electron chi connectivity index (χ1n) is 12.6. The molecule has 1 N–H and O–H groups in total. The van der Waals surface area contributed by atoms with Crippen molar-refractivity contribution in [1.29, 1.82) is 0 Å². The number of halogens is 2. The smallest absolute Gasteiger partial charge is 0.264 e. The van der Waals surface area contributed by atoms with E-state index < -0.39 is 22.5 Å². The minimum Gasteiger partial charge on any atom is -0.490 e. The van der Waals surface area contributed by atoms with Crippen molar-refractivity contribution < 1.29 is 22.7 Å². The number of anilines is 1. The Morgan fingerprint density at radius 2 is 1.54 bits per heavy atom. The van der Waals surface area contributed by atoms with Crippen LogP contribution in [-0.4, -0.2) is 33.7 Å². The molecular weight excluding hydrogens is 585 g/mol. The highest BCUT2D eigenvalue weighted by atomic mass is 35.5. The van der Waals surface area contributed by atoms with Crippen molar-refractivity contribution in [2.45, 2.75) is 18.4 Å². The molecule has 0 unspecified atom stereocenters. The molecule has 0 spiro atoms. The van der Waals surface area contributed by atoms with Gasteiger partial charge in [-0.05, 0) is 66.6 Å². The van der Waals surface area contributed by atoms with Gasteiger partial charge in [-0.1, -0.05) is 71.7 Å². The van der Waals surface area contributed by atoms with Crippen LogP contribution in [0.25, 0.3) is 0 Å². The van der Waals surface area contributed by atoms with E-state index in [2.05, 4.69) is 10.5 Å². The van der Waals surface area contributed by atoms with Gasteiger partial charge in [0.15, 0.2) is 11.5 Å². The van der Waals surface area contributed by atoms with Gasteiger partial charge in [0, 0.05) is 10.0 Å². The zero-order valence-corrected chi connectivity index (χ0v) is 24.4. The Morgan fingerprint density at radius 3 is 2.20 bits per heavy atom. The van der Waals surface area contributed by atoms with E-state index in [0.29, 0.717) is 30.3 Å². The molecule has 4 rings (SSSR count). The van der Waals surface area contributed by atoms with Crippen LogP contribution in [0.1, 0.15) is 18.1 Å². The third kappa shape index (κ3) is 8.23. The predicted octanol–water partition coefficient (Wildman–Crippen LogP) is 6.32. The molecule has 41 heavy (non-hydrogen) atoms. The molecule has 0 atom stereocenters. The summed E-state index contributed by atoms with van der Waals surface area (Å²) in [6.07, 6.45) is 1.42. The molecule has 4 aromatic carbocycles. The van der Waals surface area contributed by atoms with Crippen molar-refractivity contribution in [3.8, 4) is 11.5 Å². The van der Waals surface area contributed by atoms with Crippen LogP contribution in [0, 0.1) is 0 Å². The fraction of sp³-hybridized carbons (Fsp3) is 0.133. The number of carbonyl (C=O) groups excluding carboxylic acids is 1. The number of hydrogen-bond donors (Lipinski definition) is 1. The number of nitrogens with one attached hydrogen (secondary N) is 1. The van der Waals surface area contributed by atoms with E-state index in [-0.39, 0.29) is 20.6 Å². The number of nitrogens with zero attached hydrogens (tertiary/aromatic N) is 2. The topological polar surface area (TPSA) is 97.3 Å². The van der Waals surface area contributed by atoms with Gasteiger partial charge in [-0.25, -0.2) is 13.8 Å². The van der Waals surface area contributed by atoms with Gasteiger partial charge in [0.2, 0.25) is 0 Å². The minimum absolute atomic E-state index is 0.00502. The average molecular weight is 613 g/mol. The summed E-state index contributed by atoms with van der Waals surface area (Å²) in [5.74, 6) is 0.417. The average Bonchev–Trinajstić information content (AvgIpc) is 2.96. The van der Waals surface area contributed by atoms with Crippen molar-refractivity contribution in [3.63, 3.8) is 0 Å². The maximum atomic E-state index is 13.5. The van der Waals surface area contributed by atoms with Crippen LogP contribution in [0.5, 0.6) is 11.5 Å². The molecule has 0 radical (unpaired) electrons. The third-order valence-corrected chi connectivity index (χ3v) is 7.89. The molecule has 0 bridgehead atoms. The largest absolute Gasteiger partial charge is 0.490 e.